The summed E-state index contributed by atoms with van der Waals surface area (Å²) in [5, 5.41) is 4.53. The lowest BCUT2D eigenvalue weighted by molar-refractivity contribution is 0.194. The van der Waals surface area contributed by atoms with Gasteiger partial charge in [-0.15, -0.1) is 11.3 Å². The van der Waals surface area contributed by atoms with E-state index in [1.165, 1.54) is 33.8 Å². The molecule has 0 bridgehead atoms. The van der Waals surface area contributed by atoms with E-state index in [4.69, 9.17) is 0 Å². The van der Waals surface area contributed by atoms with Crippen LogP contribution in [0.1, 0.15) is 57.3 Å². The minimum absolute atomic E-state index is 0.0666. The van der Waals surface area contributed by atoms with Crippen molar-refractivity contribution < 1.29 is 4.79 Å². The van der Waals surface area contributed by atoms with Crippen molar-refractivity contribution in [2.24, 2.45) is 0 Å². The first-order valence-electron chi connectivity index (χ1n) is 13.1. The molecule has 0 fully saturated rings. The summed E-state index contributed by atoms with van der Waals surface area (Å²) in [4.78, 5) is 19.8. The van der Waals surface area contributed by atoms with Gasteiger partial charge >= 0.3 is 6.03 Å². The summed E-state index contributed by atoms with van der Waals surface area (Å²) in [6.45, 7) is 4.74. The van der Waals surface area contributed by atoms with Crippen molar-refractivity contribution in [3.05, 3.63) is 99.2 Å². The molecule has 6 rings (SSSR count). The van der Waals surface area contributed by atoms with Gasteiger partial charge in [0.2, 0.25) is 0 Å². The third kappa shape index (κ3) is 4.33. The van der Waals surface area contributed by atoms with E-state index in [0.29, 0.717) is 6.54 Å². The van der Waals surface area contributed by atoms with Crippen LogP contribution in [0, 0.1) is 13.8 Å². The Morgan fingerprint density at radius 2 is 1.70 bits per heavy atom. The number of anilines is 2. The van der Waals surface area contributed by atoms with Gasteiger partial charge < -0.3 is 19.7 Å². The summed E-state index contributed by atoms with van der Waals surface area (Å²) in [5.41, 5.74) is 9.31. The molecule has 0 spiro atoms. The highest BCUT2D eigenvalue weighted by atomic mass is 32.1. The Bertz CT molecular complexity index is 1440. The van der Waals surface area contributed by atoms with Crippen molar-refractivity contribution in [3.63, 3.8) is 0 Å². The van der Waals surface area contributed by atoms with E-state index in [9.17, 15) is 4.79 Å². The van der Waals surface area contributed by atoms with Crippen molar-refractivity contribution >= 4 is 28.7 Å². The molecule has 2 amide bonds. The molecule has 2 aromatic heterocycles. The van der Waals surface area contributed by atoms with Crippen molar-refractivity contribution in [3.8, 4) is 5.00 Å². The fraction of sp³-hybridized carbons (Fsp3) is 0.323. The molecule has 0 saturated heterocycles. The Balaban J connectivity index is 1.48. The number of urea groups is 1. The predicted molar refractivity (Wildman–Crippen MR) is 153 cm³/mol. The number of nitrogens with zero attached hydrogens (tertiary/aromatic N) is 3. The molecule has 1 aliphatic heterocycles. The van der Waals surface area contributed by atoms with Crippen LogP contribution in [0.5, 0.6) is 0 Å². The van der Waals surface area contributed by atoms with Gasteiger partial charge in [-0.2, -0.15) is 0 Å². The molecule has 3 heterocycles. The van der Waals surface area contributed by atoms with Crippen LogP contribution in [0.25, 0.3) is 5.00 Å². The number of fused-ring (bicyclic) bond motifs is 5. The van der Waals surface area contributed by atoms with Crippen LogP contribution >= 0.6 is 11.3 Å². The second-order valence-electron chi connectivity index (χ2n) is 10.6. The molecule has 2 aromatic carbocycles. The van der Waals surface area contributed by atoms with Gasteiger partial charge in [0.05, 0.1) is 18.3 Å². The Labute approximate surface area is 223 Å². The Hall–Kier alpha value is -3.51. The van der Waals surface area contributed by atoms with E-state index < -0.39 is 0 Å². The van der Waals surface area contributed by atoms with E-state index in [1.54, 1.807) is 0 Å². The molecule has 1 N–H and O–H groups in total. The highest BCUT2D eigenvalue weighted by molar-refractivity contribution is 7.15. The van der Waals surface area contributed by atoms with Crippen molar-refractivity contribution in [1.82, 2.24) is 9.47 Å². The third-order valence-corrected chi connectivity index (χ3v) is 8.97. The molecule has 0 unspecified atom stereocenters. The number of hydrogen-bond donors (Lipinski definition) is 1. The molecule has 0 saturated carbocycles. The van der Waals surface area contributed by atoms with Crippen LogP contribution in [-0.4, -0.2) is 29.6 Å². The molecule has 5 nitrogen and oxygen atoms in total. The lowest BCUT2D eigenvalue weighted by Gasteiger charge is -2.32. The number of hydrogen-bond acceptors (Lipinski definition) is 3. The first-order chi connectivity index (χ1) is 17.9. The number of nitrogens with one attached hydrogen (secondary N) is 1. The number of aromatic nitrogens is 1. The summed E-state index contributed by atoms with van der Waals surface area (Å²) in [6, 6.07) is 18.9. The average molecular weight is 511 g/mol. The quantitative estimate of drug-likeness (QED) is 0.316. The van der Waals surface area contributed by atoms with E-state index in [2.05, 4.69) is 91.4 Å². The van der Waals surface area contributed by atoms with E-state index in [1.807, 2.05) is 28.4 Å². The highest BCUT2D eigenvalue weighted by Crippen LogP contribution is 2.44. The zero-order valence-corrected chi connectivity index (χ0v) is 22.9. The monoisotopic (exact) mass is 510 g/mol. The zero-order chi connectivity index (χ0) is 25.7. The van der Waals surface area contributed by atoms with E-state index in [-0.39, 0.29) is 12.1 Å². The molecule has 1 aliphatic carbocycles. The van der Waals surface area contributed by atoms with Crippen LogP contribution < -0.4 is 10.2 Å². The van der Waals surface area contributed by atoms with Gasteiger partial charge in [0.15, 0.2) is 0 Å². The summed E-state index contributed by atoms with van der Waals surface area (Å²) >= 11 is 1.92. The number of rotatable bonds is 3. The smallest absolute Gasteiger partial charge is 0.322 e. The average Bonchev–Trinajstić information content (AvgIpc) is 3.45. The maximum absolute atomic E-state index is 14.1. The van der Waals surface area contributed by atoms with Gasteiger partial charge in [0, 0.05) is 42.1 Å². The third-order valence-electron chi connectivity index (χ3n) is 7.64. The molecule has 0 radical (unpaired) electrons. The number of carbonyl (C=O) groups excluding carboxylic acids is 1. The maximum Gasteiger partial charge on any atom is 0.322 e. The summed E-state index contributed by atoms with van der Waals surface area (Å²) in [6.07, 6.45) is 6.89. The lowest BCUT2D eigenvalue weighted by atomic mass is 9.95. The minimum atomic E-state index is -0.198. The topological polar surface area (TPSA) is 40.5 Å². The molecule has 190 valence electrons. The van der Waals surface area contributed by atoms with Crippen molar-refractivity contribution in [2.45, 2.75) is 52.1 Å². The standard InChI is InChI=1S/C31H34N4OS/c1-20-16-21(2)18-23(17-20)32-31(36)35-19-26-25-8-5-6-10-28(25)37-30(26)34-15-7-9-27(34)29(35)22-11-13-24(14-12-22)33(3)4/h7,9,11-18,29H,5-6,8,10,19H2,1-4H3,(H,32,36)/t29-/m0/s1. The zero-order valence-electron chi connectivity index (χ0n) is 22.0. The fourth-order valence-electron chi connectivity index (χ4n) is 5.93. The number of benzene rings is 2. The van der Waals surface area contributed by atoms with Crippen molar-refractivity contribution in [2.75, 3.05) is 24.3 Å². The van der Waals surface area contributed by atoms with Gasteiger partial charge in [-0.3, -0.25) is 0 Å². The second kappa shape index (κ2) is 9.42. The second-order valence-corrected chi connectivity index (χ2v) is 11.7. The molecular weight excluding hydrogens is 476 g/mol. The van der Waals surface area contributed by atoms with Gasteiger partial charge in [0.25, 0.3) is 0 Å². The molecular formula is C31H34N4OS. The maximum atomic E-state index is 14.1. The van der Waals surface area contributed by atoms with E-state index in [0.717, 1.165) is 46.6 Å². The molecule has 6 heteroatoms. The normalized spacial score (nSPS) is 16.4. The van der Waals surface area contributed by atoms with Crippen LogP contribution in [0.3, 0.4) is 0 Å². The number of carbonyl (C=O) groups is 1. The summed E-state index contributed by atoms with van der Waals surface area (Å²) in [5.74, 6) is 0. The predicted octanol–water partition coefficient (Wildman–Crippen LogP) is 7.24. The molecule has 1 atom stereocenters. The molecule has 2 aliphatic rings. The first kappa shape index (κ1) is 23.9. The van der Waals surface area contributed by atoms with Crippen LogP contribution in [-0.2, 0) is 19.4 Å². The first-order valence-corrected chi connectivity index (χ1v) is 13.9. The number of aryl methyl sites for hydroxylation is 3. The number of thiophene rings is 1. The van der Waals surface area contributed by atoms with Crippen LogP contribution in [0.4, 0.5) is 16.2 Å². The van der Waals surface area contributed by atoms with Gasteiger partial charge in [0.1, 0.15) is 5.00 Å². The Morgan fingerprint density at radius 3 is 2.43 bits per heavy atom. The Morgan fingerprint density at radius 1 is 0.973 bits per heavy atom. The number of amides is 2. The Kier molecular flexibility index (Phi) is 6.07. The molecule has 4 aromatic rings. The van der Waals surface area contributed by atoms with E-state index >= 15 is 0 Å². The minimum Gasteiger partial charge on any atom is -0.378 e. The summed E-state index contributed by atoms with van der Waals surface area (Å²) in [7, 11) is 4.10. The fourth-order valence-corrected chi connectivity index (χ4v) is 7.34. The van der Waals surface area contributed by atoms with Gasteiger partial charge in [-0.1, -0.05) is 18.2 Å². The van der Waals surface area contributed by atoms with Gasteiger partial charge in [-0.25, -0.2) is 4.79 Å². The SMILES string of the molecule is Cc1cc(C)cc(NC(=O)N2Cc3c(sc4c3CCCC4)-n3cccc3[C@@H]2c2ccc(N(C)C)cc2)c1. The van der Waals surface area contributed by atoms with Gasteiger partial charge in [-0.05, 0) is 98.2 Å². The highest BCUT2D eigenvalue weighted by Gasteiger charge is 2.36. The largest absolute Gasteiger partial charge is 0.378 e. The summed E-state index contributed by atoms with van der Waals surface area (Å²) < 4.78 is 2.34. The van der Waals surface area contributed by atoms with Crippen LogP contribution in [0.15, 0.2) is 60.8 Å². The van der Waals surface area contributed by atoms with Crippen molar-refractivity contribution in [1.29, 1.82) is 0 Å². The van der Waals surface area contributed by atoms with Crippen LogP contribution in [0.2, 0.25) is 0 Å². The molecule has 37 heavy (non-hydrogen) atoms. The lowest BCUT2D eigenvalue weighted by Crippen LogP contribution is -2.38.